The SMILES string of the molecule is N#CCC1CC(=O)N(c2ccc(Cl)cc2)C1. The van der Waals surface area contributed by atoms with Crippen molar-refractivity contribution in [2.24, 2.45) is 5.92 Å². The second-order valence-corrected chi connectivity index (χ2v) is 4.35. The van der Waals surface area contributed by atoms with Crippen LogP contribution in [0, 0.1) is 17.2 Å². The number of anilines is 1. The average Bonchev–Trinajstić information content (AvgIpc) is 2.61. The Labute approximate surface area is 99.2 Å². The van der Waals surface area contributed by atoms with Crippen molar-refractivity contribution in [1.82, 2.24) is 0 Å². The summed E-state index contributed by atoms with van der Waals surface area (Å²) in [6.07, 6.45) is 0.909. The lowest BCUT2D eigenvalue weighted by molar-refractivity contribution is -0.117. The lowest BCUT2D eigenvalue weighted by atomic mass is 10.1. The second kappa shape index (κ2) is 4.54. The number of nitriles is 1. The molecule has 0 aliphatic carbocycles. The van der Waals surface area contributed by atoms with Crippen molar-refractivity contribution in [3.8, 4) is 6.07 Å². The normalized spacial score (nSPS) is 19.9. The minimum Gasteiger partial charge on any atom is -0.312 e. The van der Waals surface area contributed by atoms with Crippen LogP contribution in [0.1, 0.15) is 12.8 Å². The number of carbonyl (C=O) groups is 1. The topological polar surface area (TPSA) is 44.1 Å². The van der Waals surface area contributed by atoms with Gasteiger partial charge in [0.1, 0.15) is 0 Å². The lowest BCUT2D eigenvalue weighted by Crippen LogP contribution is -2.24. The first-order valence-corrected chi connectivity index (χ1v) is 5.51. The molecule has 2 rings (SSSR count). The maximum absolute atomic E-state index is 11.7. The number of hydrogen-bond acceptors (Lipinski definition) is 2. The summed E-state index contributed by atoms with van der Waals surface area (Å²) in [6, 6.07) is 9.30. The Morgan fingerprint density at radius 1 is 1.44 bits per heavy atom. The van der Waals surface area contributed by atoms with Crippen LogP contribution in [0.2, 0.25) is 5.02 Å². The molecule has 1 heterocycles. The smallest absolute Gasteiger partial charge is 0.227 e. The fourth-order valence-electron chi connectivity index (χ4n) is 1.92. The maximum atomic E-state index is 11.7. The summed E-state index contributed by atoms with van der Waals surface area (Å²) < 4.78 is 0. The molecular weight excluding hydrogens is 224 g/mol. The fraction of sp³-hybridized carbons (Fsp3) is 0.333. The first kappa shape index (κ1) is 11.0. The van der Waals surface area contributed by atoms with Gasteiger partial charge < -0.3 is 4.90 Å². The Bertz CT molecular complexity index is 435. The fourth-order valence-corrected chi connectivity index (χ4v) is 2.04. The maximum Gasteiger partial charge on any atom is 0.227 e. The third kappa shape index (κ3) is 2.17. The van der Waals surface area contributed by atoms with Gasteiger partial charge in [0.05, 0.1) is 6.07 Å². The molecule has 0 N–H and O–H groups in total. The van der Waals surface area contributed by atoms with Crippen LogP contribution in [-0.4, -0.2) is 12.5 Å². The molecule has 3 nitrogen and oxygen atoms in total. The molecule has 1 aromatic carbocycles. The number of amides is 1. The number of carbonyl (C=O) groups excluding carboxylic acids is 1. The van der Waals surface area contributed by atoms with Crippen molar-refractivity contribution < 1.29 is 4.79 Å². The zero-order chi connectivity index (χ0) is 11.5. The van der Waals surface area contributed by atoms with Crippen LogP contribution >= 0.6 is 11.6 Å². The Kier molecular flexibility index (Phi) is 3.12. The summed E-state index contributed by atoms with van der Waals surface area (Å²) in [7, 11) is 0. The zero-order valence-electron chi connectivity index (χ0n) is 8.69. The predicted octanol–water partition coefficient (Wildman–Crippen LogP) is 2.61. The van der Waals surface area contributed by atoms with E-state index in [1.54, 1.807) is 17.0 Å². The predicted molar refractivity (Wildman–Crippen MR) is 62.1 cm³/mol. The summed E-state index contributed by atoms with van der Waals surface area (Å²) >= 11 is 5.79. The third-order valence-electron chi connectivity index (χ3n) is 2.72. The Morgan fingerprint density at radius 2 is 2.12 bits per heavy atom. The van der Waals surface area contributed by atoms with Gasteiger partial charge in [-0.25, -0.2) is 0 Å². The largest absolute Gasteiger partial charge is 0.312 e. The summed E-state index contributed by atoms with van der Waals surface area (Å²) in [5.74, 6) is 0.246. The van der Waals surface area contributed by atoms with E-state index in [1.807, 2.05) is 12.1 Å². The molecule has 0 bridgehead atoms. The molecule has 1 amide bonds. The van der Waals surface area contributed by atoms with Crippen LogP contribution in [0.25, 0.3) is 0 Å². The summed E-state index contributed by atoms with van der Waals surface area (Å²) in [4.78, 5) is 13.4. The van der Waals surface area contributed by atoms with E-state index in [-0.39, 0.29) is 11.8 Å². The van der Waals surface area contributed by atoms with Gasteiger partial charge in [-0.05, 0) is 30.2 Å². The molecule has 4 heteroatoms. The van der Waals surface area contributed by atoms with Gasteiger partial charge in [-0.1, -0.05) is 11.6 Å². The minimum atomic E-state index is 0.0857. The van der Waals surface area contributed by atoms with E-state index in [1.165, 1.54) is 0 Å². The second-order valence-electron chi connectivity index (χ2n) is 3.91. The van der Waals surface area contributed by atoms with E-state index in [2.05, 4.69) is 6.07 Å². The van der Waals surface area contributed by atoms with E-state index in [9.17, 15) is 4.79 Å². The van der Waals surface area contributed by atoms with E-state index in [4.69, 9.17) is 16.9 Å². The van der Waals surface area contributed by atoms with Crippen molar-refractivity contribution in [3.05, 3.63) is 29.3 Å². The number of benzene rings is 1. The van der Waals surface area contributed by atoms with Crippen LogP contribution in [-0.2, 0) is 4.79 Å². The molecule has 82 valence electrons. The minimum absolute atomic E-state index is 0.0857. The van der Waals surface area contributed by atoms with Crippen molar-refractivity contribution in [2.75, 3.05) is 11.4 Å². The molecule has 1 fully saturated rings. The molecule has 0 radical (unpaired) electrons. The molecular formula is C12H11ClN2O. The molecule has 0 spiro atoms. The highest BCUT2D eigenvalue weighted by Gasteiger charge is 2.30. The number of nitrogens with zero attached hydrogens (tertiary/aromatic N) is 2. The molecule has 0 aromatic heterocycles. The Morgan fingerprint density at radius 3 is 2.75 bits per heavy atom. The molecule has 1 aromatic rings. The summed E-state index contributed by atoms with van der Waals surface area (Å²) in [5, 5.41) is 9.27. The van der Waals surface area contributed by atoms with Gasteiger partial charge in [-0.3, -0.25) is 4.79 Å². The van der Waals surface area contributed by atoms with E-state index in [0.717, 1.165) is 5.69 Å². The highest BCUT2D eigenvalue weighted by atomic mass is 35.5. The third-order valence-corrected chi connectivity index (χ3v) is 2.98. The van der Waals surface area contributed by atoms with Gasteiger partial charge in [0.2, 0.25) is 5.91 Å². The summed E-state index contributed by atoms with van der Waals surface area (Å²) in [6.45, 7) is 0.633. The highest BCUT2D eigenvalue weighted by molar-refractivity contribution is 6.30. The molecule has 1 unspecified atom stereocenters. The quantitative estimate of drug-likeness (QED) is 0.790. The van der Waals surface area contributed by atoms with Crippen molar-refractivity contribution in [1.29, 1.82) is 5.26 Å². The standard InChI is InChI=1S/C12H11ClN2O/c13-10-1-3-11(4-2-10)15-8-9(5-6-14)7-12(15)16/h1-4,9H,5,7-8H2. The van der Waals surface area contributed by atoms with Crippen LogP contribution in [0.5, 0.6) is 0 Å². The van der Waals surface area contributed by atoms with E-state index < -0.39 is 0 Å². The van der Waals surface area contributed by atoms with Gasteiger partial charge in [-0.15, -0.1) is 0 Å². The van der Waals surface area contributed by atoms with Gasteiger partial charge in [0.15, 0.2) is 0 Å². The van der Waals surface area contributed by atoms with Crippen molar-refractivity contribution in [2.45, 2.75) is 12.8 Å². The van der Waals surface area contributed by atoms with E-state index >= 15 is 0 Å². The van der Waals surface area contributed by atoms with Crippen LogP contribution in [0.15, 0.2) is 24.3 Å². The molecule has 0 saturated carbocycles. The van der Waals surface area contributed by atoms with Gasteiger partial charge >= 0.3 is 0 Å². The van der Waals surface area contributed by atoms with Crippen LogP contribution in [0.4, 0.5) is 5.69 Å². The molecule has 1 atom stereocenters. The average molecular weight is 235 g/mol. The molecule has 16 heavy (non-hydrogen) atoms. The van der Waals surface area contributed by atoms with Gasteiger partial charge in [-0.2, -0.15) is 5.26 Å². The first-order chi connectivity index (χ1) is 7.70. The highest BCUT2D eigenvalue weighted by Crippen LogP contribution is 2.27. The number of halogens is 1. The number of hydrogen-bond donors (Lipinski definition) is 0. The first-order valence-electron chi connectivity index (χ1n) is 5.13. The Balaban J connectivity index is 2.14. The monoisotopic (exact) mass is 234 g/mol. The van der Waals surface area contributed by atoms with E-state index in [0.29, 0.717) is 24.4 Å². The lowest BCUT2D eigenvalue weighted by Gasteiger charge is -2.16. The van der Waals surface area contributed by atoms with Gasteiger partial charge in [0, 0.05) is 30.1 Å². The number of rotatable bonds is 2. The molecule has 1 aliphatic heterocycles. The Hall–Kier alpha value is -1.53. The summed E-state index contributed by atoms with van der Waals surface area (Å²) in [5.41, 5.74) is 0.856. The molecule has 1 aliphatic rings. The molecule has 1 saturated heterocycles. The van der Waals surface area contributed by atoms with Crippen LogP contribution < -0.4 is 4.90 Å². The van der Waals surface area contributed by atoms with Gasteiger partial charge in [0.25, 0.3) is 0 Å². The zero-order valence-corrected chi connectivity index (χ0v) is 9.44. The van der Waals surface area contributed by atoms with Crippen LogP contribution in [0.3, 0.4) is 0 Å². The van der Waals surface area contributed by atoms with Crippen molar-refractivity contribution >= 4 is 23.2 Å². The van der Waals surface area contributed by atoms with Crippen molar-refractivity contribution in [3.63, 3.8) is 0 Å².